The Morgan fingerprint density at radius 2 is 1.20 bits per heavy atom. The van der Waals surface area contributed by atoms with Crippen molar-refractivity contribution in [3.63, 3.8) is 0 Å². The van der Waals surface area contributed by atoms with Crippen molar-refractivity contribution in [3.8, 4) is 39.9 Å². The lowest BCUT2D eigenvalue weighted by molar-refractivity contribution is 0.334. The van der Waals surface area contributed by atoms with Gasteiger partial charge in [-0.25, -0.2) is 15.0 Å². The molecule has 0 saturated heterocycles. The molecule has 0 saturated carbocycles. The van der Waals surface area contributed by atoms with Crippen LogP contribution in [0.3, 0.4) is 0 Å². The zero-order chi connectivity index (χ0) is 37.8. The maximum atomic E-state index is 5.19. The van der Waals surface area contributed by atoms with Crippen LogP contribution in [-0.2, 0) is 10.8 Å². The van der Waals surface area contributed by atoms with Crippen LogP contribution in [0.15, 0.2) is 146 Å². The SMILES string of the molecule is CC1(C)CCC(C)(C)c2c1ccc1c2c2ccccc2n1-c1ccc2cc(-c3nc(-c4ccccc4)nc(-c4cccc5c4sc4ccccc45)n3)ccc2c1. The lowest BCUT2D eigenvalue weighted by Gasteiger charge is -2.42. The Hall–Kier alpha value is -6.17. The van der Waals surface area contributed by atoms with Crippen LogP contribution in [0.25, 0.3) is 92.6 Å². The first kappa shape index (κ1) is 33.2. The van der Waals surface area contributed by atoms with Gasteiger partial charge < -0.3 is 4.57 Å². The van der Waals surface area contributed by atoms with E-state index in [1.165, 1.54) is 71.3 Å². The molecule has 0 N–H and O–H groups in total. The second-order valence-electron chi connectivity index (χ2n) is 16.7. The van der Waals surface area contributed by atoms with Crippen molar-refractivity contribution in [3.05, 3.63) is 157 Å². The normalized spacial score (nSPS) is 14.9. The summed E-state index contributed by atoms with van der Waals surface area (Å²) >= 11 is 1.79. The molecular weight excluding hydrogens is 701 g/mol. The van der Waals surface area contributed by atoms with Crippen molar-refractivity contribution in [1.29, 1.82) is 0 Å². The van der Waals surface area contributed by atoms with Gasteiger partial charge in [0.1, 0.15) is 0 Å². The molecule has 0 unspecified atom stereocenters. The quantitative estimate of drug-likeness (QED) is 0.180. The summed E-state index contributed by atoms with van der Waals surface area (Å²) in [5.74, 6) is 2.01. The molecule has 0 radical (unpaired) electrons. The molecule has 1 aliphatic carbocycles. The van der Waals surface area contributed by atoms with Gasteiger partial charge in [-0.1, -0.05) is 131 Å². The van der Waals surface area contributed by atoms with E-state index in [1.807, 2.05) is 18.2 Å². The third-order valence-corrected chi connectivity index (χ3v) is 13.5. The zero-order valence-electron chi connectivity index (χ0n) is 32.0. The van der Waals surface area contributed by atoms with Crippen LogP contribution in [0.4, 0.5) is 0 Å². The number of hydrogen-bond acceptors (Lipinski definition) is 4. The van der Waals surface area contributed by atoms with E-state index >= 15 is 0 Å². The lowest BCUT2D eigenvalue weighted by Crippen LogP contribution is -2.34. The van der Waals surface area contributed by atoms with Crippen molar-refractivity contribution in [2.45, 2.75) is 51.4 Å². The maximum absolute atomic E-state index is 5.19. The summed E-state index contributed by atoms with van der Waals surface area (Å²) in [4.78, 5) is 15.4. The maximum Gasteiger partial charge on any atom is 0.165 e. The Labute approximate surface area is 330 Å². The number of para-hydroxylation sites is 1. The summed E-state index contributed by atoms with van der Waals surface area (Å²) in [6, 6.07) is 52.4. The van der Waals surface area contributed by atoms with E-state index in [-0.39, 0.29) is 10.8 Å². The van der Waals surface area contributed by atoms with Crippen molar-refractivity contribution in [2.75, 3.05) is 0 Å². The lowest BCUT2D eigenvalue weighted by atomic mass is 9.62. The molecule has 0 bridgehead atoms. The van der Waals surface area contributed by atoms with Crippen molar-refractivity contribution in [1.82, 2.24) is 19.5 Å². The summed E-state index contributed by atoms with van der Waals surface area (Å²) in [5, 5.41) is 7.52. The van der Waals surface area contributed by atoms with Crippen molar-refractivity contribution in [2.24, 2.45) is 0 Å². The first-order valence-corrected chi connectivity index (χ1v) is 20.4. The monoisotopic (exact) mass is 740 g/mol. The minimum Gasteiger partial charge on any atom is -0.309 e. The van der Waals surface area contributed by atoms with Gasteiger partial charge in [0.25, 0.3) is 0 Å². The Morgan fingerprint density at radius 3 is 2.05 bits per heavy atom. The van der Waals surface area contributed by atoms with Gasteiger partial charge in [-0.05, 0) is 88.0 Å². The van der Waals surface area contributed by atoms with Crippen molar-refractivity contribution >= 4 is 64.1 Å². The highest BCUT2D eigenvalue weighted by molar-refractivity contribution is 7.26. The second kappa shape index (κ2) is 12.2. The molecule has 0 spiro atoms. The fourth-order valence-electron chi connectivity index (χ4n) is 9.27. The van der Waals surface area contributed by atoms with Crippen LogP contribution in [0.5, 0.6) is 0 Å². The standard InChI is InChI=1S/C51H40N4S/c1-50(2)27-28-51(3,4)45-40(50)25-26-42-44(45)38-16-8-10-19-41(38)55(42)35-24-23-32-29-34(22-21-33(32)30-35)48-52-47(31-13-6-5-7-14-31)53-49(54-48)39-18-12-17-37-36-15-9-11-20-43(36)56-46(37)39/h5-26,29-30H,27-28H2,1-4H3. The van der Waals surface area contributed by atoms with Crippen LogP contribution in [0.1, 0.15) is 51.7 Å². The molecule has 5 heteroatoms. The van der Waals surface area contributed by atoms with Crippen LogP contribution in [-0.4, -0.2) is 19.5 Å². The third-order valence-electron chi connectivity index (χ3n) is 12.3. The van der Waals surface area contributed by atoms with Gasteiger partial charge in [0.05, 0.1) is 11.0 Å². The van der Waals surface area contributed by atoms with E-state index < -0.39 is 0 Å². The molecule has 3 heterocycles. The molecule has 10 aromatic rings. The molecule has 1 aliphatic rings. The number of benzene rings is 7. The first-order valence-electron chi connectivity index (χ1n) is 19.6. The number of aromatic nitrogens is 4. The molecule has 11 rings (SSSR count). The van der Waals surface area contributed by atoms with E-state index in [0.717, 1.165) is 27.8 Å². The van der Waals surface area contributed by atoms with Gasteiger partial charge in [-0.3, -0.25) is 0 Å². The van der Waals surface area contributed by atoms with E-state index in [2.05, 4.69) is 160 Å². The average Bonchev–Trinajstić information content (AvgIpc) is 3.78. The Kier molecular flexibility index (Phi) is 7.21. The minimum absolute atomic E-state index is 0.0960. The minimum atomic E-state index is 0.0960. The average molecular weight is 741 g/mol. The molecule has 0 aliphatic heterocycles. The molecule has 4 nitrogen and oxygen atoms in total. The van der Waals surface area contributed by atoms with E-state index in [0.29, 0.717) is 17.5 Å². The molecule has 3 aromatic heterocycles. The highest BCUT2D eigenvalue weighted by Crippen LogP contribution is 2.51. The van der Waals surface area contributed by atoms with Crippen LogP contribution < -0.4 is 0 Å². The highest BCUT2D eigenvalue weighted by Gasteiger charge is 2.39. The topological polar surface area (TPSA) is 43.6 Å². The predicted molar refractivity (Wildman–Crippen MR) is 236 cm³/mol. The van der Waals surface area contributed by atoms with Crippen LogP contribution in [0.2, 0.25) is 0 Å². The van der Waals surface area contributed by atoms with Gasteiger partial charge >= 0.3 is 0 Å². The molecule has 7 aromatic carbocycles. The number of fused-ring (bicyclic) bond motifs is 9. The summed E-state index contributed by atoms with van der Waals surface area (Å²) in [7, 11) is 0. The largest absolute Gasteiger partial charge is 0.309 e. The first-order chi connectivity index (χ1) is 27.2. The van der Waals surface area contributed by atoms with E-state index in [1.54, 1.807) is 11.3 Å². The van der Waals surface area contributed by atoms with E-state index in [4.69, 9.17) is 15.0 Å². The highest BCUT2D eigenvalue weighted by atomic mass is 32.1. The summed E-state index contributed by atoms with van der Waals surface area (Å²) in [5.41, 5.74) is 9.87. The van der Waals surface area contributed by atoms with Gasteiger partial charge in [0.2, 0.25) is 0 Å². The molecular formula is C51H40N4S. The number of thiophene rings is 1. The smallest absolute Gasteiger partial charge is 0.165 e. The molecule has 0 fully saturated rings. The zero-order valence-corrected chi connectivity index (χ0v) is 32.8. The number of rotatable bonds is 4. The Balaban J connectivity index is 1.06. The van der Waals surface area contributed by atoms with Crippen LogP contribution in [0, 0.1) is 0 Å². The summed E-state index contributed by atoms with van der Waals surface area (Å²) in [6.45, 7) is 9.69. The van der Waals surface area contributed by atoms with Crippen LogP contribution >= 0.6 is 11.3 Å². The number of hydrogen-bond donors (Lipinski definition) is 0. The van der Waals surface area contributed by atoms with Crippen molar-refractivity contribution < 1.29 is 0 Å². The van der Waals surface area contributed by atoms with Gasteiger partial charge in [0, 0.05) is 53.3 Å². The fourth-order valence-corrected chi connectivity index (χ4v) is 10.5. The van der Waals surface area contributed by atoms with Gasteiger partial charge in [0.15, 0.2) is 17.5 Å². The Bertz CT molecular complexity index is 3200. The molecule has 0 atom stereocenters. The third kappa shape index (κ3) is 5.07. The molecule has 270 valence electrons. The molecule has 0 amide bonds. The second-order valence-corrected chi connectivity index (χ2v) is 17.8. The number of nitrogens with zero attached hydrogens (tertiary/aromatic N) is 4. The fraction of sp³-hybridized carbons (Fsp3) is 0.157. The van der Waals surface area contributed by atoms with Gasteiger partial charge in [-0.15, -0.1) is 11.3 Å². The van der Waals surface area contributed by atoms with E-state index in [9.17, 15) is 0 Å². The predicted octanol–water partition coefficient (Wildman–Crippen LogP) is 13.8. The molecule has 56 heavy (non-hydrogen) atoms. The van der Waals surface area contributed by atoms with Gasteiger partial charge in [-0.2, -0.15) is 0 Å². The Morgan fingerprint density at radius 1 is 0.518 bits per heavy atom. The summed E-state index contributed by atoms with van der Waals surface area (Å²) in [6.07, 6.45) is 2.38. The summed E-state index contributed by atoms with van der Waals surface area (Å²) < 4.78 is 4.91.